The van der Waals surface area contributed by atoms with Crippen LogP contribution in [0.5, 0.6) is 0 Å². The van der Waals surface area contributed by atoms with Crippen LogP contribution in [0.15, 0.2) is 24.3 Å². The Morgan fingerprint density at radius 1 is 0.909 bits per heavy atom. The summed E-state index contributed by atoms with van der Waals surface area (Å²) in [5, 5.41) is 0. The van der Waals surface area contributed by atoms with E-state index < -0.39 is 0 Å². The van der Waals surface area contributed by atoms with Crippen LogP contribution >= 0.6 is 0 Å². The van der Waals surface area contributed by atoms with Crippen molar-refractivity contribution in [1.82, 2.24) is 0 Å². The molecule has 0 atom stereocenters. The van der Waals surface area contributed by atoms with Crippen LogP contribution in [0.2, 0.25) is 0 Å². The minimum atomic E-state index is 0. The molecule has 1 aromatic rings. The van der Waals surface area contributed by atoms with Gasteiger partial charge in [-0.05, 0) is 24.0 Å². The molecule has 0 bridgehead atoms. The first-order valence-corrected chi connectivity index (χ1v) is 3.95. The number of rotatable bonds is 2. The van der Waals surface area contributed by atoms with E-state index in [1.807, 2.05) is 0 Å². The van der Waals surface area contributed by atoms with Crippen LogP contribution in [0, 0.1) is 0 Å². The van der Waals surface area contributed by atoms with Gasteiger partial charge in [0.1, 0.15) is 0 Å². The first-order valence-electron chi connectivity index (χ1n) is 3.95. The van der Waals surface area contributed by atoms with Gasteiger partial charge in [0.2, 0.25) is 0 Å². The SMILES string of the molecule is CCc1ccccc1CC.[NaH]. The second kappa shape index (κ2) is 5.82. The first-order chi connectivity index (χ1) is 4.88. The van der Waals surface area contributed by atoms with E-state index >= 15 is 0 Å². The van der Waals surface area contributed by atoms with Gasteiger partial charge >= 0.3 is 29.6 Å². The molecule has 0 N–H and O–H groups in total. The van der Waals surface area contributed by atoms with Gasteiger partial charge in [0.05, 0.1) is 0 Å². The number of hydrogen-bond donors (Lipinski definition) is 0. The van der Waals surface area contributed by atoms with Crippen molar-refractivity contribution in [2.24, 2.45) is 0 Å². The number of benzene rings is 1. The van der Waals surface area contributed by atoms with Crippen molar-refractivity contribution < 1.29 is 0 Å². The summed E-state index contributed by atoms with van der Waals surface area (Å²) in [7, 11) is 0. The van der Waals surface area contributed by atoms with Crippen molar-refractivity contribution in [3.05, 3.63) is 35.4 Å². The van der Waals surface area contributed by atoms with E-state index in [0.717, 1.165) is 12.8 Å². The molecule has 1 aromatic carbocycles. The molecule has 0 amide bonds. The number of hydrogen-bond acceptors (Lipinski definition) is 0. The molecule has 0 nitrogen and oxygen atoms in total. The predicted molar refractivity (Wildman–Crippen MR) is 52.3 cm³/mol. The van der Waals surface area contributed by atoms with Crippen molar-refractivity contribution in [2.45, 2.75) is 26.7 Å². The van der Waals surface area contributed by atoms with Crippen LogP contribution in [-0.2, 0) is 12.8 Å². The molecule has 1 rings (SSSR count). The molecule has 0 heterocycles. The second-order valence-corrected chi connectivity index (χ2v) is 2.48. The van der Waals surface area contributed by atoms with Gasteiger partial charge in [-0.15, -0.1) is 0 Å². The van der Waals surface area contributed by atoms with Gasteiger partial charge in [-0.25, -0.2) is 0 Å². The first kappa shape index (κ1) is 11.2. The fourth-order valence-electron chi connectivity index (χ4n) is 1.25. The zero-order chi connectivity index (χ0) is 7.40. The summed E-state index contributed by atoms with van der Waals surface area (Å²) in [5.41, 5.74) is 2.98. The van der Waals surface area contributed by atoms with E-state index in [2.05, 4.69) is 38.1 Å². The van der Waals surface area contributed by atoms with Crippen molar-refractivity contribution in [1.29, 1.82) is 0 Å². The Bertz CT molecular complexity index is 183. The molecule has 0 aliphatic rings. The Morgan fingerprint density at radius 2 is 1.27 bits per heavy atom. The van der Waals surface area contributed by atoms with Gasteiger partial charge in [-0.3, -0.25) is 0 Å². The zero-order valence-electron chi connectivity index (χ0n) is 6.72. The van der Waals surface area contributed by atoms with E-state index in [4.69, 9.17) is 0 Å². The molecule has 11 heavy (non-hydrogen) atoms. The molecule has 0 spiro atoms. The molecule has 0 saturated carbocycles. The summed E-state index contributed by atoms with van der Waals surface area (Å²) in [6, 6.07) is 8.63. The Balaban J connectivity index is 0.000001000. The average Bonchev–Trinajstić information content (AvgIpc) is 2.04. The molecule has 0 fully saturated rings. The summed E-state index contributed by atoms with van der Waals surface area (Å²) in [6.07, 6.45) is 2.31. The summed E-state index contributed by atoms with van der Waals surface area (Å²) in [5.74, 6) is 0. The molecular formula is C10H15Na. The van der Waals surface area contributed by atoms with Gasteiger partial charge < -0.3 is 0 Å². The Kier molecular flexibility index (Phi) is 5.93. The van der Waals surface area contributed by atoms with Gasteiger partial charge in [-0.1, -0.05) is 38.1 Å². The molecule has 0 aliphatic heterocycles. The fraction of sp³-hybridized carbons (Fsp3) is 0.400. The van der Waals surface area contributed by atoms with Crippen LogP contribution in [0.3, 0.4) is 0 Å². The molecule has 1 heteroatoms. The second-order valence-electron chi connectivity index (χ2n) is 2.48. The van der Waals surface area contributed by atoms with Gasteiger partial charge in [0.25, 0.3) is 0 Å². The van der Waals surface area contributed by atoms with Crippen LogP contribution in [0.25, 0.3) is 0 Å². The van der Waals surface area contributed by atoms with Crippen molar-refractivity contribution in [3.8, 4) is 0 Å². The summed E-state index contributed by atoms with van der Waals surface area (Å²) < 4.78 is 0. The third-order valence-corrected chi connectivity index (χ3v) is 1.88. The minimum absolute atomic E-state index is 0. The van der Waals surface area contributed by atoms with E-state index in [1.165, 1.54) is 11.1 Å². The standard InChI is InChI=1S/C10H14.Na.H/c1-3-9-7-5-6-8-10(9)4-2;;/h5-8H,3-4H2,1-2H3;;. The fourth-order valence-corrected chi connectivity index (χ4v) is 1.25. The summed E-state index contributed by atoms with van der Waals surface area (Å²) in [4.78, 5) is 0. The maximum absolute atomic E-state index is 2.21. The quantitative estimate of drug-likeness (QED) is 0.579. The Labute approximate surface area is 91.3 Å². The van der Waals surface area contributed by atoms with Crippen molar-refractivity contribution >= 4 is 29.6 Å². The molecule has 0 saturated heterocycles. The maximum atomic E-state index is 2.21. The van der Waals surface area contributed by atoms with E-state index in [1.54, 1.807) is 0 Å². The molecule has 56 valence electrons. The van der Waals surface area contributed by atoms with Gasteiger partial charge in [-0.2, -0.15) is 0 Å². The molecular weight excluding hydrogens is 143 g/mol. The molecule has 0 radical (unpaired) electrons. The van der Waals surface area contributed by atoms with Crippen LogP contribution in [0.4, 0.5) is 0 Å². The van der Waals surface area contributed by atoms with Crippen LogP contribution in [-0.4, -0.2) is 29.6 Å². The molecule has 0 aromatic heterocycles. The third kappa shape index (κ3) is 2.98. The van der Waals surface area contributed by atoms with Crippen LogP contribution < -0.4 is 0 Å². The normalized spacial score (nSPS) is 8.91. The third-order valence-electron chi connectivity index (χ3n) is 1.88. The van der Waals surface area contributed by atoms with Crippen LogP contribution in [0.1, 0.15) is 25.0 Å². The van der Waals surface area contributed by atoms with Crippen molar-refractivity contribution in [2.75, 3.05) is 0 Å². The number of aryl methyl sites for hydroxylation is 2. The average molecular weight is 158 g/mol. The van der Waals surface area contributed by atoms with Gasteiger partial charge in [0.15, 0.2) is 0 Å². The summed E-state index contributed by atoms with van der Waals surface area (Å²) >= 11 is 0. The van der Waals surface area contributed by atoms with E-state index in [0.29, 0.717) is 0 Å². The molecule has 0 aliphatic carbocycles. The Hall–Kier alpha value is 0.220. The van der Waals surface area contributed by atoms with Gasteiger partial charge in [0, 0.05) is 0 Å². The van der Waals surface area contributed by atoms with E-state index in [9.17, 15) is 0 Å². The molecule has 0 unspecified atom stereocenters. The summed E-state index contributed by atoms with van der Waals surface area (Å²) in [6.45, 7) is 4.41. The monoisotopic (exact) mass is 158 g/mol. The Morgan fingerprint density at radius 3 is 1.55 bits per heavy atom. The van der Waals surface area contributed by atoms with Crippen molar-refractivity contribution in [3.63, 3.8) is 0 Å². The zero-order valence-corrected chi connectivity index (χ0v) is 6.72. The predicted octanol–water partition coefficient (Wildman–Crippen LogP) is 2.16. The topological polar surface area (TPSA) is 0 Å². The van der Waals surface area contributed by atoms with E-state index in [-0.39, 0.29) is 29.6 Å².